The molecule has 0 saturated carbocycles. The number of rotatable bonds is 7. The predicted octanol–water partition coefficient (Wildman–Crippen LogP) is 2.52. The van der Waals surface area contributed by atoms with Gasteiger partial charge >= 0.3 is 0 Å². The van der Waals surface area contributed by atoms with Gasteiger partial charge in [0.25, 0.3) is 0 Å². The van der Waals surface area contributed by atoms with Gasteiger partial charge in [-0.2, -0.15) is 0 Å². The summed E-state index contributed by atoms with van der Waals surface area (Å²) in [7, 11) is 2.19. The zero-order valence-electron chi connectivity index (χ0n) is 10.3. The van der Waals surface area contributed by atoms with Gasteiger partial charge in [0.15, 0.2) is 0 Å². The van der Waals surface area contributed by atoms with Gasteiger partial charge in [0.1, 0.15) is 0 Å². The van der Waals surface area contributed by atoms with Gasteiger partial charge in [-0.05, 0) is 51.2 Å². The molecule has 0 aromatic heterocycles. The molecule has 0 atom stereocenters. The van der Waals surface area contributed by atoms with E-state index in [2.05, 4.69) is 32.7 Å². The van der Waals surface area contributed by atoms with Gasteiger partial charge in [0.05, 0.1) is 0 Å². The van der Waals surface area contributed by atoms with Crippen LogP contribution in [0.3, 0.4) is 0 Å². The van der Waals surface area contributed by atoms with Crippen LogP contribution in [0.2, 0.25) is 0 Å². The number of hydrogen-bond acceptors (Lipinski definition) is 2. The Morgan fingerprint density at radius 3 is 2.14 bits per heavy atom. The predicted molar refractivity (Wildman–Crippen MR) is 62.5 cm³/mol. The molecule has 0 aliphatic rings. The molecular formula is C12H27NO. The molecule has 0 aromatic carbocycles. The van der Waals surface area contributed by atoms with Crippen molar-refractivity contribution in [3.63, 3.8) is 0 Å². The van der Waals surface area contributed by atoms with Gasteiger partial charge in [0.2, 0.25) is 0 Å². The van der Waals surface area contributed by atoms with Gasteiger partial charge in [-0.15, -0.1) is 0 Å². The number of aliphatic hydroxyl groups excluding tert-OH is 1. The van der Waals surface area contributed by atoms with Crippen molar-refractivity contribution in [3.05, 3.63) is 0 Å². The van der Waals surface area contributed by atoms with Gasteiger partial charge in [-0.25, -0.2) is 0 Å². The van der Waals surface area contributed by atoms with Crippen molar-refractivity contribution in [2.45, 2.75) is 46.5 Å². The molecule has 0 aromatic rings. The third-order valence-corrected chi connectivity index (χ3v) is 2.44. The van der Waals surface area contributed by atoms with E-state index in [-0.39, 0.29) is 0 Å². The lowest BCUT2D eigenvalue weighted by atomic mass is 9.92. The molecule has 0 unspecified atom stereocenters. The molecule has 0 bridgehead atoms. The Balaban J connectivity index is 3.32. The fraction of sp³-hybridized carbons (Fsp3) is 1.00. The zero-order valence-corrected chi connectivity index (χ0v) is 10.3. The van der Waals surface area contributed by atoms with Crippen LogP contribution >= 0.6 is 0 Å². The zero-order chi connectivity index (χ0) is 11.0. The summed E-state index contributed by atoms with van der Waals surface area (Å²) in [6, 6.07) is 0. The summed E-state index contributed by atoms with van der Waals surface area (Å²) in [6.07, 6.45) is 4.56. The SMILES string of the molecule is CN(CCCCCO)CCC(C)(C)C. The van der Waals surface area contributed by atoms with Crippen molar-refractivity contribution in [2.75, 3.05) is 26.7 Å². The summed E-state index contributed by atoms with van der Waals surface area (Å²) in [6.45, 7) is 9.54. The summed E-state index contributed by atoms with van der Waals surface area (Å²) in [4.78, 5) is 2.39. The Hall–Kier alpha value is -0.0800. The van der Waals surface area contributed by atoms with E-state index in [1.165, 1.54) is 19.4 Å². The van der Waals surface area contributed by atoms with Gasteiger partial charge in [0, 0.05) is 6.61 Å². The number of unbranched alkanes of at least 4 members (excludes halogenated alkanes) is 2. The van der Waals surface area contributed by atoms with Crippen LogP contribution < -0.4 is 0 Å². The van der Waals surface area contributed by atoms with Crippen molar-refractivity contribution in [2.24, 2.45) is 5.41 Å². The Morgan fingerprint density at radius 1 is 1.00 bits per heavy atom. The molecule has 0 aliphatic heterocycles. The van der Waals surface area contributed by atoms with E-state index >= 15 is 0 Å². The van der Waals surface area contributed by atoms with E-state index in [0.717, 1.165) is 19.4 Å². The molecule has 14 heavy (non-hydrogen) atoms. The van der Waals surface area contributed by atoms with Crippen LogP contribution in [0.15, 0.2) is 0 Å². The summed E-state index contributed by atoms with van der Waals surface area (Å²) in [5.74, 6) is 0. The summed E-state index contributed by atoms with van der Waals surface area (Å²) < 4.78 is 0. The Kier molecular flexibility index (Phi) is 7.20. The molecule has 0 fully saturated rings. The molecule has 0 radical (unpaired) electrons. The first-order chi connectivity index (χ1) is 6.45. The van der Waals surface area contributed by atoms with Crippen LogP contribution in [0.25, 0.3) is 0 Å². The summed E-state index contributed by atoms with van der Waals surface area (Å²) >= 11 is 0. The van der Waals surface area contributed by atoms with E-state index in [0.29, 0.717) is 12.0 Å². The minimum absolute atomic E-state index is 0.339. The first-order valence-electron chi connectivity index (χ1n) is 5.75. The lowest BCUT2D eigenvalue weighted by molar-refractivity contribution is 0.251. The molecule has 0 heterocycles. The van der Waals surface area contributed by atoms with Crippen molar-refractivity contribution in [3.8, 4) is 0 Å². The number of aliphatic hydroxyl groups is 1. The fourth-order valence-corrected chi connectivity index (χ4v) is 1.31. The normalized spacial score (nSPS) is 12.4. The minimum Gasteiger partial charge on any atom is -0.396 e. The molecule has 86 valence electrons. The maximum atomic E-state index is 8.63. The average Bonchev–Trinajstić information content (AvgIpc) is 2.08. The highest BCUT2D eigenvalue weighted by atomic mass is 16.2. The lowest BCUT2D eigenvalue weighted by Gasteiger charge is -2.23. The van der Waals surface area contributed by atoms with Crippen LogP contribution in [0, 0.1) is 5.41 Å². The second-order valence-corrected chi connectivity index (χ2v) is 5.40. The molecule has 0 saturated heterocycles. The molecule has 0 amide bonds. The molecule has 0 rings (SSSR count). The van der Waals surface area contributed by atoms with Gasteiger partial charge in [-0.1, -0.05) is 20.8 Å². The Morgan fingerprint density at radius 2 is 1.64 bits per heavy atom. The van der Waals surface area contributed by atoms with Crippen LogP contribution in [0.5, 0.6) is 0 Å². The lowest BCUT2D eigenvalue weighted by Crippen LogP contribution is -2.24. The van der Waals surface area contributed by atoms with Gasteiger partial charge in [-0.3, -0.25) is 0 Å². The highest BCUT2D eigenvalue weighted by Gasteiger charge is 2.10. The van der Waals surface area contributed by atoms with E-state index in [1.807, 2.05) is 0 Å². The fourth-order valence-electron chi connectivity index (χ4n) is 1.31. The van der Waals surface area contributed by atoms with E-state index in [9.17, 15) is 0 Å². The average molecular weight is 201 g/mol. The minimum atomic E-state index is 0.339. The number of hydrogen-bond donors (Lipinski definition) is 1. The number of nitrogens with zero attached hydrogens (tertiary/aromatic N) is 1. The maximum Gasteiger partial charge on any atom is 0.0431 e. The second-order valence-electron chi connectivity index (χ2n) is 5.40. The monoisotopic (exact) mass is 201 g/mol. The first kappa shape index (κ1) is 13.9. The van der Waals surface area contributed by atoms with Gasteiger partial charge < -0.3 is 10.0 Å². The topological polar surface area (TPSA) is 23.5 Å². The van der Waals surface area contributed by atoms with Crippen molar-refractivity contribution in [1.82, 2.24) is 4.90 Å². The summed E-state index contributed by atoms with van der Waals surface area (Å²) in [5, 5.41) is 8.63. The first-order valence-corrected chi connectivity index (χ1v) is 5.75. The quantitative estimate of drug-likeness (QED) is 0.640. The van der Waals surface area contributed by atoms with Crippen molar-refractivity contribution >= 4 is 0 Å². The van der Waals surface area contributed by atoms with Crippen LogP contribution in [-0.2, 0) is 0 Å². The van der Waals surface area contributed by atoms with E-state index < -0.39 is 0 Å². The highest BCUT2D eigenvalue weighted by Crippen LogP contribution is 2.18. The molecule has 1 N–H and O–H groups in total. The highest BCUT2D eigenvalue weighted by molar-refractivity contribution is 4.64. The molecular weight excluding hydrogens is 174 g/mol. The molecule has 2 nitrogen and oxygen atoms in total. The third kappa shape index (κ3) is 10.0. The van der Waals surface area contributed by atoms with Crippen LogP contribution in [0.1, 0.15) is 46.5 Å². The summed E-state index contributed by atoms with van der Waals surface area (Å²) in [5.41, 5.74) is 0.444. The smallest absolute Gasteiger partial charge is 0.0431 e. The molecule has 2 heteroatoms. The second kappa shape index (κ2) is 7.24. The van der Waals surface area contributed by atoms with Crippen molar-refractivity contribution in [1.29, 1.82) is 0 Å². The Labute approximate surface area is 89.3 Å². The Bertz CT molecular complexity index is 129. The van der Waals surface area contributed by atoms with E-state index in [4.69, 9.17) is 5.11 Å². The van der Waals surface area contributed by atoms with Crippen LogP contribution in [0.4, 0.5) is 0 Å². The van der Waals surface area contributed by atoms with Crippen molar-refractivity contribution < 1.29 is 5.11 Å². The third-order valence-electron chi connectivity index (χ3n) is 2.44. The maximum absolute atomic E-state index is 8.63. The molecule has 0 aliphatic carbocycles. The van der Waals surface area contributed by atoms with Crippen LogP contribution in [-0.4, -0.2) is 36.8 Å². The van der Waals surface area contributed by atoms with E-state index in [1.54, 1.807) is 0 Å². The largest absolute Gasteiger partial charge is 0.396 e. The standard InChI is InChI=1S/C12H27NO/c1-12(2,3)8-10-13(4)9-6-5-7-11-14/h14H,5-11H2,1-4H3. The molecule has 0 spiro atoms.